The number of rotatable bonds is 4. The van der Waals surface area contributed by atoms with Gasteiger partial charge in [-0.05, 0) is 18.2 Å². The molecule has 2 heterocycles. The van der Waals surface area contributed by atoms with E-state index in [2.05, 4.69) is 22.3 Å². The molecule has 2 aliphatic rings. The van der Waals surface area contributed by atoms with E-state index in [1.807, 2.05) is 67.7 Å². The summed E-state index contributed by atoms with van der Waals surface area (Å²) in [5.41, 5.74) is 4.61. The van der Waals surface area contributed by atoms with Crippen molar-refractivity contribution in [3.05, 3.63) is 89.5 Å². The second-order valence-corrected chi connectivity index (χ2v) is 7.62. The third-order valence-electron chi connectivity index (χ3n) is 5.72. The number of amides is 1. The molecule has 0 spiro atoms. The molecule has 0 aliphatic carbocycles. The maximum absolute atomic E-state index is 12.6. The van der Waals surface area contributed by atoms with E-state index in [0.717, 1.165) is 34.0 Å². The predicted molar refractivity (Wildman–Crippen MR) is 120 cm³/mol. The van der Waals surface area contributed by atoms with Crippen molar-refractivity contribution >= 4 is 17.3 Å². The van der Waals surface area contributed by atoms with Crippen molar-refractivity contribution in [2.75, 3.05) is 31.8 Å². The fourth-order valence-electron chi connectivity index (χ4n) is 3.96. The Morgan fingerprint density at radius 1 is 1.03 bits per heavy atom. The number of ether oxygens (including phenoxy) is 2. The monoisotopic (exact) mass is 413 g/mol. The highest BCUT2D eigenvalue weighted by atomic mass is 16.7. The summed E-state index contributed by atoms with van der Waals surface area (Å²) >= 11 is 0. The first-order valence-electron chi connectivity index (χ1n) is 10.3. The van der Waals surface area contributed by atoms with E-state index in [9.17, 15) is 4.79 Å². The molecule has 0 saturated heterocycles. The highest BCUT2D eigenvalue weighted by Crippen LogP contribution is 2.40. The van der Waals surface area contributed by atoms with Crippen LogP contribution in [0.2, 0.25) is 0 Å². The van der Waals surface area contributed by atoms with Crippen molar-refractivity contribution < 1.29 is 14.3 Å². The van der Waals surface area contributed by atoms with Gasteiger partial charge in [0.1, 0.15) is 0 Å². The van der Waals surface area contributed by atoms with E-state index in [0.29, 0.717) is 18.7 Å². The average molecular weight is 413 g/mol. The number of nitrogens with one attached hydrogen (secondary N) is 1. The van der Waals surface area contributed by atoms with Gasteiger partial charge in [0.15, 0.2) is 11.5 Å². The first kappa shape index (κ1) is 19.2. The van der Waals surface area contributed by atoms with E-state index >= 15 is 0 Å². The zero-order valence-corrected chi connectivity index (χ0v) is 17.2. The molecule has 1 atom stereocenters. The van der Waals surface area contributed by atoms with Gasteiger partial charge in [-0.15, -0.1) is 0 Å². The third-order valence-corrected chi connectivity index (χ3v) is 5.72. The lowest BCUT2D eigenvalue weighted by Crippen LogP contribution is -2.43. The zero-order valence-electron chi connectivity index (χ0n) is 17.2. The first-order chi connectivity index (χ1) is 15.2. The molecule has 156 valence electrons. The number of aliphatic imine (C=N–C) groups is 1. The summed E-state index contributed by atoms with van der Waals surface area (Å²) < 4.78 is 11.3. The lowest BCUT2D eigenvalue weighted by Gasteiger charge is -2.29. The molecule has 1 N–H and O–H groups in total. The molecule has 0 aromatic heterocycles. The first-order valence-corrected chi connectivity index (χ1v) is 10.3. The zero-order chi connectivity index (χ0) is 21.2. The predicted octanol–water partition coefficient (Wildman–Crippen LogP) is 3.50. The number of benzene rings is 3. The largest absolute Gasteiger partial charge is 0.454 e. The van der Waals surface area contributed by atoms with E-state index < -0.39 is 0 Å². The summed E-state index contributed by atoms with van der Waals surface area (Å²) in [7, 11) is 2.03. The van der Waals surface area contributed by atoms with E-state index in [4.69, 9.17) is 14.5 Å². The second kappa shape index (κ2) is 8.14. The Hall–Kier alpha value is -3.80. The Balaban J connectivity index is 1.47. The highest BCUT2D eigenvalue weighted by molar-refractivity contribution is 6.16. The molecule has 31 heavy (non-hydrogen) atoms. The van der Waals surface area contributed by atoms with Gasteiger partial charge >= 0.3 is 0 Å². The topological polar surface area (TPSA) is 63.2 Å². The van der Waals surface area contributed by atoms with Gasteiger partial charge < -0.3 is 19.7 Å². The van der Waals surface area contributed by atoms with Crippen LogP contribution >= 0.6 is 0 Å². The molecule has 0 saturated carbocycles. The molecule has 6 nitrogen and oxygen atoms in total. The fourth-order valence-corrected chi connectivity index (χ4v) is 3.96. The summed E-state index contributed by atoms with van der Waals surface area (Å²) in [6.45, 7) is 1.25. The lowest BCUT2D eigenvalue weighted by molar-refractivity contribution is 0.0951. The normalized spacial score (nSPS) is 16.9. The maximum Gasteiger partial charge on any atom is 0.251 e. The number of carbonyl (C=O) groups excluding carboxylic acids is 1. The van der Waals surface area contributed by atoms with Crippen molar-refractivity contribution in [3.8, 4) is 11.5 Å². The van der Waals surface area contributed by atoms with Crippen LogP contribution in [0.4, 0.5) is 5.69 Å². The molecular weight excluding hydrogens is 390 g/mol. The Labute approximate surface area is 181 Å². The SMILES string of the molecule is CN1c2cc3c(cc2C(c2ccccc2)=NCC1CNC(=O)c1ccccc1)OCO3. The van der Waals surface area contributed by atoms with Crippen LogP contribution in [0.1, 0.15) is 21.5 Å². The highest BCUT2D eigenvalue weighted by Gasteiger charge is 2.28. The molecule has 0 radical (unpaired) electrons. The van der Waals surface area contributed by atoms with Crippen molar-refractivity contribution in [2.45, 2.75) is 6.04 Å². The summed E-state index contributed by atoms with van der Waals surface area (Å²) in [6.07, 6.45) is 0. The quantitative estimate of drug-likeness (QED) is 0.711. The van der Waals surface area contributed by atoms with Crippen molar-refractivity contribution in [2.24, 2.45) is 4.99 Å². The van der Waals surface area contributed by atoms with Gasteiger partial charge in [-0.1, -0.05) is 48.5 Å². The van der Waals surface area contributed by atoms with Crippen LogP contribution in [-0.4, -0.2) is 44.6 Å². The minimum absolute atomic E-state index is 0.00649. The van der Waals surface area contributed by atoms with Gasteiger partial charge in [0.25, 0.3) is 5.91 Å². The molecule has 2 aliphatic heterocycles. The molecule has 0 fully saturated rings. The molecule has 5 rings (SSSR count). The number of nitrogens with zero attached hydrogens (tertiary/aromatic N) is 2. The van der Waals surface area contributed by atoms with Gasteiger partial charge in [-0.2, -0.15) is 0 Å². The van der Waals surface area contributed by atoms with Gasteiger partial charge in [0.2, 0.25) is 6.79 Å². The Morgan fingerprint density at radius 2 is 1.71 bits per heavy atom. The molecule has 3 aromatic carbocycles. The minimum Gasteiger partial charge on any atom is -0.454 e. The molecular formula is C25H23N3O3. The van der Waals surface area contributed by atoms with E-state index in [1.165, 1.54) is 0 Å². The Kier molecular flexibility index (Phi) is 5.04. The standard InChI is InChI=1S/C25H23N3O3/c1-28-19(15-27-25(29)18-10-6-3-7-11-18)14-26-24(17-8-4-2-5-9-17)20-12-22-23(13-21(20)28)31-16-30-22/h2-13,19H,14-16H2,1H3,(H,27,29). The number of hydrogen-bond acceptors (Lipinski definition) is 5. The molecule has 3 aromatic rings. The maximum atomic E-state index is 12.6. The van der Waals surface area contributed by atoms with Crippen LogP contribution in [0.3, 0.4) is 0 Å². The van der Waals surface area contributed by atoms with Crippen molar-refractivity contribution in [3.63, 3.8) is 0 Å². The van der Waals surface area contributed by atoms with Crippen LogP contribution in [0, 0.1) is 0 Å². The number of hydrogen-bond donors (Lipinski definition) is 1. The molecule has 1 amide bonds. The summed E-state index contributed by atoms with van der Waals surface area (Å²) in [4.78, 5) is 19.7. The van der Waals surface area contributed by atoms with Crippen molar-refractivity contribution in [1.29, 1.82) is 0 Å². The Bertz CT molecular complexity index is 1130. The third kappa shape index (κ3) is 3.72. The lowest BCUT2D eigenvalue weighted by atomic mass is 9.99. The molecule has 6 heteroatoms. The number of anilines is 1. The molecule has 0 bridgehead atoms. The average Bonchev–Trinajstić information content (AvgIpc) is 3.23. The van der Waals surface area contributed by atoms with Crippen LogP contribution in [0.5, 0.6) is 11.5 Å². The summed E-state index contributed by atoms with van der Waals surface area (Å²) in [6, 6.07) is 23.4. The van der Waals surface area contributed by atoms with Crippen LogP contribution < -0.4 is 19.7 Å². The van der Waals surface area contributed by atoms with Gasteiger partial charge in [0, 0.05) is 36.3 Å². The van der Waals surface area contributed by atoms with Gasteiger partial charge in [-0.25, -0.2) is 0 Å². The Morgan fingerprint density at radius 3 is 2.45 bits per heavy atom. The van der Waals surface area contributed by atoms with Gasteiger partial charge in [0.05, 0.1) is 24.0 Å². The number of carbonyl (C=O) groups is 1. The van der Waals surface area contributed by atoms with E-state index in [-0.39, 0.29) is 18.7 Å². The van der Waals surface area contributed by atoms with Crippen molar-refractivity contribution in [1.82, 2.24) is 5.32 Å². The van der Waals surface area contributed by atoms with Gasteiger partial charge in [-0.3, -0.25) is 9.79 Å². The second-order valence-electron chi connectivity index (χ2n) is 7.62. The summed E-state index contributed by atoms with van der Waals surface area (Å²) in [5, 5.41) is 3.06. The fraction of sp³-hybridized carbons (Fsp3) is 0.200. The number of likely N-dealkylation sites (N-methyl/N-ethyl adjacent to an activating group) is 1. The minimum atomic E-state index is -0.0866. The smallest absolute Gasteiger partial charge is 0.251 e. The van der Waals surface area contributed by atoms with Crippen LogP contribution in [-0.2, 0) is 0 Å². The van der Waals surface area contributed by atoms with E-state index in [1.54, 1.807) is 0 Å². The van der Waals surface area contributed by atoms with Crippen LogP contribution in [0.25, 0.3) is 0 Å². The summed E-state index contributed by atoms with van der Waals surface area (Å²) in [5.74, 6) is 1.37. The van der Waals surface area contributed by atoms with Crippen LogP contribution in [0.15, 0.2) is 77.8 Å². The number of fused-ring (bicyclic) bond motifs is 2. The molecule has 1 unspecified atom stereocenters.